The summed E-state index contributed by atoms with van der Waals surface area (Å²) in [5.41, 5.74) is 0. The number of fused-ring (bicyclic) bond motifs is 1. The van der Waals surface area contributed by atoms with E-state index in [4.69, 9.17) is 4.74 Å². The Kier molecular flexibility index (Phi) is 4.78. The van der Waals surface area contributed by atoms with Gasteiger partial charge in [-0.3, -0.25) is 4.90 Å². The summed E-state index contributed by atoms with van der Waals surface area (Å²) in [6.45, 7) is 4.76. The molecule has 6 heteroatoms. The molecule has 0 N–H and O–H groups in total. The molecule has 4 rings (SSSR count). The number of nitrogens with zero attached hydrogens (tertiary/aromatic N) is 4. The molecule has 0 amide bonds. The topological polar surface area (TPSA) is 41.5 Å². The van der Waals surface area contributed by atoms with Gasteiger partial charge in [0, 0.05) is 50.5 Å². The van der Waals surface area contributed by atoms with Crippen molar-refractivity contribution in [2.45, 2.75) is 18.9 Å². The van der Waals surface area contributed by atoms with Crippen LogP contribution in [-0.4, -0.2) is 53.7 Å². The van der Waals surface area contributed by atoms with Gasteiger partial charge in [0.1, 0.15) is 11.6 Å². The number of piperazine rings is 1. The van der Waals surface area contributed by atoms with Crippen molar-refractivity contribution in [1.29, 1.82) is 0 Å². The van der Waals surface area contributed by atoms with Gasteiger partial charge in [-0.2, -0.15) is 0 Å². The highest BCUT2D eigenvalue weighted by Crippen LogP contribution is 2.27. The van der Waals surface area contributed by atoms with Crippen LogP contribution in [0.5, 0.6) is 5.75 Å². The smallest absolute Gasteiger partial charge is 0.225 e. The highest BCUT2D eigenvalue weighted by Gasteiger charge is 2.33. The fourth-order valence-electron chi connectivity index (χ4n) is 3.78. The van der Waals surface area contributed by atoms with Gasteiger partial charge in [0.25, 0.3) is 0 Å². The van der Waals surface area contributed by atoms with Gasteiger partial charge in [-0.15, -0.1) is 0 Å². The largest absolute Gasteiger partial charge is 0.493 e. The van der Waals surface area contributed by atoms with Crippen molar-refractivity contribution in [3.8, 4) is 5.75 Å². The zero-order chi connectivity index (χ0) is 17.1. The molecule has 0 saturated carbocycles. The molecule has 0 bridgehead atoms. The summed E-state index contributed by atoms with van der Waals surface area (Å²) in [6.07, 6.45) is 5.93. The van der Waals surface area contributed by atoms with Crippen LogP contribution < -0.4 is 9.64 Å². The second-order valence-corrected chi connectivity index (χ2v) is 6.85. The van der Waals surface area contributed by atoms with Crippen LogP contribution in [0.25, 0.3) is 0 Å². The number of ether oxygens (including phenoxy) is 1. The van der Waals surface area contributed by atoms with Gasteiger partial charge in [0.15, 0.2) is 0 Å². The molecule has 0 aliphatic carbocycles. The van der Waals surface area contributed by atoms with Gasteiger partial charge >= 0.3 is 0 Å². The lowest BCUT2D eigenvalue weighted by Crippen LogP contribution is -2.57. The van der Waals surface area contributed by atoms with E-state index < -0.39 is 0 Å². The summed E-state index contributed by atoms with van der Waals surface area (Å²) < 4.78 is 18.8. The van der Waals surface area contributed by atoms with Crippen LogP contribution in [0.4, 0.5) is 10.3 Å². The number of piperidine rings is 1. The molecule has 2 fully saturated rings. The van der Waals surface area contributed by atoms with E-state index in [9.17, 15) is 4.39 Å². The highest BCUT2D eigenvalue weighted by atomic mass is 19.1. The zero-order valence-corrected chi connectivity index (χ0v) is 14.2. The zero-order valence-electron chi connectivity index (χ0n) is 14.2. The van der Waals surface area contributed by atoms with Gasteiger partial charge in [0.2, 0.25) is 5.95 Å². The van der Waals surface area contributed by atoms with E-state index in [1.54, 1.807) is 24.5 Å². The molecule has 5 nitrogen and oxygen atoms in total. The first-order valence-corrected chi connectivity index (χ1v) is 8.92. The first-order valence-electron chi connectivity index (χ1n) is 8.92. The molecule has 132 valence electrons. The number of hydrogen-bond acceptors (Lipinski definition) is 5. The normalized spacial score (nSPS) is 24.0. The monoisotopic (exact) mass is 342 g/mol. The van der Waals surface area contributed by atoms with Gasteiger partial charge in [0.05, 0.1) is 6.61 Å². The third-order valence-electron chi connectivity index (χ3n) is 5.14. The average Bonchev–Trinajstić information content (AvgIpc) is 2.68. The predicted molar refractivity (Wildman–Crippen MR) is 94.2 cm³/mol. The Morgan fingerprint density at radius 3 is 2.64 bits per heavy atom. The lowest BCUT2D eigenvalue weighted by molar-refractivity contribution is 0.0725. The number of aromatic nitrogens is 2. The maximum absolute atomic E-state index is 12.9. The van der Waals surface area contributed by atoms with Gasteiger partial charge in [-0.05, 0) is 43.2 Å². The fourth-order valence-corrected chi connectivity index (χ4v) is 3.78. The van der Waals surface area contributed by atoms with Gasteiger partial charge in [-0.25, -0.2) is 14.4 Å². The van der Waals surface area contributed by atoms with Gasteiger partial charge in [-0.1, -0.05) is 0 Å². The van der Waals surface area contributed by atoms with Crippen molar-refractivity contribution >= 4 is 5.95 Å². The van der Waals surface area contributed by atoms with Crippen molar-refractivity contribution in [2.24, 2.45) is 5.92 Å². The summed E-state index contributed by atoms with van der Waals surface area (Å²) in [7, 11) is 0. The van der Waals surface area contributed by atoms with E-state index in [0.717, 1.165) is 44.3 Å². The van der Waals surface area contributed by atoms with Crippen LogP contribution in [0, 0.1) is 11.7 Å². The Labute approximate surface area is 147 Å². The van der Waals surface area contributed by atoms with E-state index in [0.29, 0.717) is 18.6 Å². The van der Waals surface area contributed by atoms with Crippen molar-refractivity contribution in [1.82, 2.24) is 14.9 Å². The second kappa shape index (κ2) is 7.35. The maximum atomic E-state index is 12.9. The van der Waals surface area contributed by atoms with Gasteiger partial charge < -0.3 is 9.64 Å². The number of hydrogen-bond donors (Lipinski definition) is 0. The Morgan fingerprint density at radius 2 is 1.84 bits per heavy atom. The summed E-state index contributed by atoms with van der Waals surface area (Å²) in [5, 5.41) is 0. The molecule has 3 heterocycles. The first kappa shape index (κ1) is 16.3. The summed E-state index contributed by atoms with van der Waals surface area (Å²) >= 11 is 0. The third-order valence-corrected chi connectivity index (χ3v) is 5.14. The molecule has 2 aliphatic heterocycles. The molecule has 1 aromatic carbocycles. The second-order valence-electron chi connectivity index (χ2n) is 6.85. The third kappa shape index (κ3) is 3.90. The van der Waals surface area contributed by atoms with Crippen LogP contribution in [0.15, 0.2) is 42.7 Å². The van der Waals surface area contributed by atoms with E-state index in [2.05, 4.69) is 19.8 Å². The predicted octanol–water partition coefficient (Wildman–Crippen LogP) is 2.60. The van der Waals surface area contributed by atoms with Crippen molar-refractivity contribution in [3.05, 3.63) is 48.5 Å². The standard InChI is InChI=1S/C19H23FN4O/c20-16-3-6-18(7-4-16)25-14-15-2-5-17-13-24(11-10-23(17)12-15)19-21-8-1-9-22-19/h1,3-4,6-9,15,17H,2,5,10-14H2. The fraction of sp³-hybridized carbons (Fsp3) is 0.474. The Balaban J connectivity index is 1.29. The van der Waals surface area contributed by atoms with Crippen molar-refractivity contribution in [2.75, 3.05) is 37.7 Å². The number of halogens is 1. The molecule has 0 spiro atoms. The minimum Gasteiger partial charge on any atom is -0.493 e. The lowest BCUT2D eigenvalue weighted by atomic mass is 9.91. The number of anilines is 1. The number of rotatable bonds is 4. The summed E-state index contributed by atoms with van der Waals surface area (Å²) in [4.78, 5) is 13.6. The summed E-state index contributed by atoms with van der Waals surface area (Å²) in [5.74, 6) is 1.88. The Hall–Kier alpha value is -2.21. The van der Waals surface area contributed by atoms with Crippen LogP contribution in [0.3, 0.4) is 0 Å². The minimum atomic E-state index is -0.229. The quantitative estimate of drug-likeness (QED) is 0.854. The highest BCUT2D eigenvalue weighted by molar-refractivity contribution is 5.30. The molecular formula is C19H23FN4O. The molecule has 2 aromatic rings. The van der Waals surface area contributed by atoms with Crippen LogP contribution in [0.2, 0.25) is 0 Å². The molecule has 2 saturated heterocycles. The van der Waals surface area contributed by atoms with Crippen LogP contribution in [-0.2, 0) is 0 Å². The minimum absolute atomic E-state index is 0.229. The van der Waals surface area contributed by atoms with E-state index >= 15 is 0 Å². The van der Waals surface area contributed by atoms with E-state index in [1.165, 1.54) is 18.6 Å². The molecule has 25 heavy (non-hydrogen) atoms. The number of benzene rings is 1. The Morgan fingerprint density at radius 1 is 1.04 bits per heavy atom. The van der Waals surface area contributed by atoms with Crippen molar-refractivity contribution in [3.63, 3.8) is 0 Å². The SMILES string of the molecule is Fc1ccc(OCC2CCC3CN(c4ncccn4)CCN3C2)cc1. The Bertz CT molecular complexity index is 682. The lowest BCUT2D eigenvalue weighted by Gasteiger charge is -2.46. The van der Waals surface area contributed by atoms with Crippen molar-refractivity contribution < 1.29 is 9.13 Å². The van der Waals surface area contributed by atoms with Crippen LogP contribution in [0.1, 0.15) is 12.8 Å². The van der Waals surface area contributed by atoms with E-state index in [-0.39, 0.29) is 5.82 Å². The molecule has 2 atom stereocenters. The molecule has 2 unspecified atom stereocenters. The molecule has 0 radical (unpaired) electrons. The maximum Gasteiger partial charge on any atom is 0.225 e. The van der Waals surface area contributed by atoms with Crippen LogP contribution >= 0.6 is 0 Å². The molecule has 1 aromatic heterocycles. The molecule has 2 aliphatic rings. The summed E-state index contributed by atoms with van der Waals surface area (Å²) in [6, 6.07) is 8.69. The molecular weight excluding hydrogens is 319 g/mol. The van der Waals surface area contributed by atoms with E-state index in [1.807, 2.05) is 6.07 Å². The average molecular weight is 342 g/mol. The first-order chi connectivity index (χ1) is 12.3.